The summed E-state index contributed by atoms with van der Waals surface area (Å²) in [5.41, 5.74) is -0.0223. The molecule has 0 bridgehead atoms. The van der Waals surface area contributed by atoms with Crippen molar-refractivity contribution in [1.29, 1.82) is 0 Å². The van der Waals surface area contributed by atoms with Gasteiger partial charge in [-0.3, -0.25) is 4.90 Å². The van der Waals surface area contributed by atoms with Crippen molar-refractivity contribution < 1.29 is 4.74 Å². The van der Waals surface area contributed by atoms with Gasteiger partial charge in [0.2, 0.25) is 0 Å². The van der Waals surface area contributed by atoms with Crippen LogP contribution in [0.5, 0.6) is 0 Å². The number of piperazine rings is 1. The van der Waals surface area contributed by atoms with E-state index in [4.69, 9.17) is 4.74 Å². The lowest BCUT2D eigenvalue weighted by Crippen LogP contribution is -2.58. The number of ether oxygens (including phenoxy) is 1. The maximum atomic E-state index is 5.87. The smallest absolute Gasteiger partial charge is 0.0600 e. The standard InChI is InChI=1S/C15H32N2O/c1-7-13-11-17(8-9-18-15(4,5)6)14(10-16-13)12(2)3/h12-14,16H,7-11H2,1-6H3. The molecule has 1 N–H and O–H groups in total. The lowest BCUT2D eigenvalue weighted by atomic mass is 9.98. The molecule has 108 valence electrons. The van der Waals surface area contributed by atoms with Gasteiger partial charge in [0, 0.05) is 31.7 Å². The fourth-order valence-corrected chi connectivity index (χ4v) is 2.56. The van der Waals surface area contributed by atoms with Crippen molar-refractivity contribution in [1.82, 2.24) is 10.2 Å². The molecule has 0 spiro atoms. The van der Waals surface area contributed by atoms with Gasteiger partial charge >= 0.3 is 0 Å². The molecule has 0 saturated carbocycles. The molecule has 1 rings (SSSR count). The lowest BCUT2D eigenvalue weighted by molar-refractivity contribution is -0.0258. The van der Waals surface area contributed by atoms with Crippen LogP contribution < -0.4 is 5.32 Å². The van der Waals surface area contributed by atoms with Crippen LogP contribution in [0.25, 0.3) is 0 Å². The summed E-state index contributed by atoms with van der Waals surface area (Å²) in [6.07, 6.45) is 1.21. The number of hydrogen-bond acceptors (Lipinski definition) is 3. The van der Waals surface area contributed by atoms with E-state index in [0.717, 1.165) is 26.2 Å². The lowest BCUT2D eigenvalue weighted by Gasteiger charge is -2.42. The average Bonchev–Trinajstić information content (AvgIpc) is 2.26. The van der Waals surface area contributed by atoms with E-state index in [1.54, 1.807) is 0 Å². The topological polar surface area (TPSA) is 24.5 Å². The van der Waals surface area contributed by atoms with Gasteiger partial charge in [-0.25, -0.2) is 0 Å². The zero-order chi connectivity index (χ0) is 13.8. The minimum Gasteiger partial charge on any atom is -0.375 e. The summed E-state index contributed by atoms with van der Waals surface area (Å²) in [6, 6.07) is 1.30. The highest BCUT2D eigenvalue weighted by molar-refractivity contribution is 4.87. The second-order valence-corrected chi connectivity index (χ2v) is 6.78. The molecule has 0 radical (unpaired) electrons. The Morgan fingerprint density at radius 3 is 2.50 bits per heavy atom. The second-order valence-electron chi connectivity index (χ2n) is 6.78. The largest absolute Gasteiger partial charge is 0.375 e. The summed E-state index contributed by atoms with van der Waals surface area (Å²) in [7, 11) is 0. The first-order valence-electron chi connectivity index (χ1n) is 7.45. The van der Waals surface area contributed by atoms with Crippen molar-refractivity contribution in [3.05, 3.63) is 0 Å². The van der Waals surface area contributed by atoms with Crippen molar-refractivity contribution >= 4 is 0 Å². The molecule has 1 aliphatic rings. The molecule has 0 aromatic carbocycles. The minimum absolute atomic E-state index is 0.0223. The summed E-state index contributed by atoms with van der Waals surface area (Å²) in [6.45, 7) is 17.4. The molecule has 1 fully saturated rings. The third kappa shape index (κ3) is 5.25. The summed E-state index contributed by atoms with van der Waals surface area (Å²) in [4.78, 5) is 2.61. The molecule has 2 atom stereocenters. The first-order chi connectivity index (χ1) is 8.33. The molecule has 0 amide bonds. The Labute approximate surface area is 113 Å². The molecule has 3 heteroatoms. The first kappa shape index (κ1) is 15.9. The van der Waals surface area contributed by atoms with Crippen LogP contribution in [0.15, 0.2) is 0 Å². The van der Waals surface area contributed by atoms with E-state index in [2.05, 4.69) is 51.8 Å². The minimum atomic E-state index is -0.0223. The molecule has 1 aliphatic heterocycles. The van der Waals surface area contributed by atoms with Crippen LogP contribution in [0.4, 0.5) is 0 Å². The number of hydrogen-bond donors (Lipinski definition) is 1. The van der Waals surface area contributed by atoms with E-state index in [1.807, 2.05) is 0 Å². The zero-order valence-corrected chi connectivity index (χ0v) is 13.1. The summed E-state index contributed by atoms with van der Waals surface area (Å²) in [5, 5.41) is 3.65. The molecule has 2 unspecified atom stereocenters. The summed E-state index contributed by atoms with van der Waals surface area (Å²) < 4.78 is 5.87. The van der Waals surface area contributed by atoms with E-state index >= 15 is 0 Å². The van der Waals surface area contributed by atoms with Crippen LogP contribution in [0.1, 0.15) is 48.0 Å². The van der Waals surface area contributed by atoms with Crippen LogP contribution in [0.2, 0.25) is 0 Å². The normalized spacial score (nSPS) is 26.8. The van der Waals surface area contributed by atoms with E-state index in [-0.39, 0.29) is 5.60 Å². The monoisotopic (exact) mass is 256 g/mol. The van der Waals surface area contributed by atoms with Crippen molar-refractivity contribution in [2.45, 2.75) is 65.6 Å². The molecule has 18 heavy (non-hydrogen) atoms. The highest BCUT2D eigenvalue weighted by atomic mass is 16.5. The van der Waals surface area contributed by atoms with Crippen molar-refractivity contribution in [2.75, 3.05) is 26.2 Å². The Morgan fingerprint density at radius 2 is 2.00 bits per heavy atom. The highest BCUT2D eigenvalue weighted by Gasteiger charge is 2.28. The second kappa shape index (κ2) is 6.88. The number of nitrogens with zero attached hydrogens (tertiary/aromatic N) is 1. The summed E-state index contributed by atoms with van der Waals surface area (Å²) in [5.74, 6) is 0.699. The van der Waals surface area contributed by atoms with Crippen molar-refractivity contribution in [3.63, 3.8) is 0 Å². The predicted molar refractivity (Wildman–Crippen MR) is 78.0 cm³/mol. The number of nitrogens with one attached hydrogen (secondary N) is 1. The maximum Gasteiger partial charge on any atom is 0.0600 e. The predicted octanol–water partition coefficient (Wildman–Crippen LogP) is 2.51. The third-order valence-electron chi connectivity index (χ3n) is 3.72. The quantitative estimate of drug-likeness (QED) is 0.818. The SMILES string of the molecule is CCC1CN(CCOC(C)(C)C)C(C(C)C)CN1. The fourth-order valence-electron chi connectivity index (χ4n) is 2.56. The Hall–Kier alpha value is -0.120. The Bertz CT molecular complexity index is 235. The molecular weight excluding hydrogens is 224 g/mol. The van der Waals surface area contributed by atoms with Crippen LogP contribution in [-0.2, 0) is 4.74 Å². The summed E-state index contributed by atoms with van der Waals surface area (Å²) >= 11 is 0. The fraction of sp³-hybridized carbons (Fsp3) is 1.00. The Morgan fingerprint density at radius 1 is 1.33 bits per heavy atom. The Kier molecular flexibility index (Phi) is 6.09. The van der Waals surface area contributed by atoms with E-state index in [0.29, 0.717) is 18.0 Å². The van der Waals surface area contributed by atoms with Crippen LogP contribution in [0, 0.1) is 5.92 Å². The van der Waals surface area contributed by atoms with Gasteiger partial charge in [-0.2, -0.15) is 0 Å². The average molecular weight is 256 g/mol. The molecule has 0 aromatic heterocycles. The van der Waals surface area contributed by atoms with E-state index in [1.165, 1.54) is 6.42 Å². The molecule has 3 nitrogen and oxygen atoms in total. The molecule has 1 saturated heterocycles. The van der Waals surface area contributed by atoms with Gasteiger partial charge in [0.15, 0.2) is 0 Å². The van der Waals surface area contributed by atoms with Gasteiger partial charge < -0.3 is 10.1 Å². The van der Waals surface area contributed by atoms with Crippen molar-refractivity contribution in [2.24, 2.45) is 5.92 Å². The third-order valence-corrected chi connectivity index (χ3v) is 3.72. The maximum absolute atomic E-state index is 5.87. The van der Waals surface area contributed by atoms with Crippen LogP contribution in [-0.4, -0.2) is 48.8 Å². The molecule has 0 aliphatic carbocycles. The molecule has 0 aromatic rings. The van der Waals surface area contributed by atoms with Gasteiger partial charge in [0.05, 0.1) is 12.2 Å². The van der Waals surface area contributed by atoms with Gasteiger partial charge in [-0.1, -0.05) is 20.8 Å². The van der Waals surface area contributed by atoms with Crippen molar-refractivity contribution in [3.8, 4) is 0 Å². The van der Waals surface area contributed by atoms with Gasteiger partial charge in [-0.05, 0) is 33.1 Å². The van der Waals surface area contributed by atoms with E-state index < -0.39 is 0 Å². The Balaban J connectivity index is 2.46. The van der Waals surface area contributed by atoms with E-state index in [9.17, 15) is 0 Å². The van der Waals surface area contributed by atoms with Crippen LogP contribution in [0.3, 0.4) is 0 Å². The van der Waals surface area contributed by atoms with Crippen LogP contribution >= 0.6 is 0 Å². The van der Waals surface area contributed by atoms with Gasteiger partial charge in [-0.15, -0.1) is 0 Å². The number of rotatable bonds is 5. The van der Waals surface area contributed by atoms with Gasteiger partial charge in [0.1, 0.15) is 0 Å². The molecule has 1 heterocycles. The van der Waals surface area contributed by atoms with Gasteiger partial charge in [0.25, 0.3) is 0 Å². The zero-order valence-electron chi connectivity index (χ0n) is 13.1. The first-order valence-corrected chi connectivity index (χ1v) is 7.45. The molecular formula is C15H32N2O. The highest BCUT2D eigenvalue weighted by Crippen LogP contribution is 2.16.